The van der Waals surface area contributed by atoms with Crippen LogP contribution in [0.2, 0.25) is 0 Å². The van der Waals surface area contributed by atoms with Crippen LogP contribution >= 0.6 is 22.6 Å². The molecule has 0 radical (unpaired) electrons. The summed E-state index contributed by atoms with van der Waals surface area (Å²) in [5.41, 5.74) is 2.13. The van der Waals surface area contributed by atoms with E-state index in [9.17, 15) is 0 Å². The van der Waals surface area contributed by atoms with Gasteiger partial charge in [0.05, 0.1) is 15.3 Å². The van der Waals surface area contributed by atoms with Crippen molar-refractivity contribution in [3.63, 3.8) is 0 Å². The summed E-state index contributed by atoms with van der Waals surface area (Å²) in [6.45, 7) is 0. The summed E-state index contributed by atoms with van der Waals surface area (Å²) in [5, 5.41) is 0. The molecule has 2 heterocycles. The fourth-order valence-electron chi connectivity index (χ4n) is 1.47. The van der Waals surface area contributed by atoms with Crippen LogP contribution in [0.1, 0.15) is 24.6 Å². The minimum Gasteiger partial charge on any atom is -0.340 e. The van der Waals surface area contributed by atoms with E-state index in [1.165, 1.54) is 12.8 Å². The molecule has 4 heteroatoms. The van der Waals surface area contributed by atoms with E-state index in [4.69, 9.17) is 0 Å². The first-order chi connectivity index (χ1) is 6.34. The predicted octanol–water partition coefficient (Wildman–Crippen LogP) is 2.44. The van der Waals surface area contributed by atoms with Crippen LogP contribution < -0.4 is 0 Å². The van der Waals surface area contributed by atoms with Gasteiger partial charge in [0.15, 0.2) is 0 Å². The summed E-state index contributed by atoms with van der Waals surface area (Å²) in [5.74, 6) is 1.82. The lowest BCUT2D eigenvalue weighted by molar-refractivity contribution is 0.986. The summed E-state index contributed by atoms with van der Waals surface area (Å²) < 4.78 is 1.12. The molecule has 66 valence electrons. The molecule has 0 aromatic carbocycles. The summed E-state index contributed by atoms with van der Waals surface area (Å²) in [7, 11) is 0. The van der Waals surface area contributed by atoms with Crippen molar-refractivity contribution < 1.29 is 0 Å². The molecule has 0 saturated heterocycles. The second kappa shape index (κ2) is 2.67. The maximum Gasteiger partial charge on any atom is 0.110 e. The second-order valence-electron chi connectivity index (χ2n) is 3.41. The van der Waals surface area contributed by atoms with Gasteiger partial charge in [0, 0.05) is 12.1 Å². The number of hydrogen-bond donors (Lipinski definition) is 1. The van der Waals surface area contributed by atoms with Gasteiger partial charge in [-0.3, -0.25) is 4.98 Å². The minimum atomic E-state index is 0.684. The highest BCUT2D eigenvalue weighted by molar-refractivity contribution is 14.1. The van der Waals surface area contributed by atoms with Crippen molar-refractivity contribution in [2.75, 3.05) is 0 Å². The number of imidazole rings is 1. The van der Waals surface area contributed by atoms with Crippen LogP contribution in [0.5, 0.6) is 0 Å². The van der Waals surface area contributed by atoms with Crippen LogP contribution in [0.15, 0.2) is 12.4 Å². The first-order valence-electron chi connectivity index (χ1n) is 4.34. The van der Waals surface area contributed by atoms with Gasteiger partial charge in [0.2, 0.25) is 0 Å². The quantitative estimate of drug-likeness (QED) is 0.818. The number of fused-ring (bicyclic) bond motifs is 1. The van der Waals surface area contributed by atoms with Crippen molar-refractivity contribution in [2.45, 2.75) is 18.8 Å². The number of hydrogen-bond acceptors (Lipinski definition) is 2. The van der Waals surface area contributed by atoms with Gasteiger partial charge < -0.3 is 4.98 Å². The Morgan fingerprint density at radius 1 is 1.38 bits per heavy atom. The maximum atomic E-state index is 4.57. The predicted molar refractivity (Wildman–Crippen MR) is 58.6 cm³/mol. The highest BCUT2D eigenvalue weighted by Gasteiger charge is 2.26. The van der Waals surface area contributed by atoms with E-state index in [1.54, 1.807) is 0 Å². The van der Waals surface area contributed by atoms with Crippen LogP contribution in [-0.4, -0.2) is 15.0 Å². The lowest BCUT2D eigenvalue weighted by Crippen LogP contribution is -1.80. The molecule has 0 atom stereocenters. The maximum absolute atomic E-state index is 4.57. The molecule has 1 N–H and O–H groups in total. The molecular formula is C9H8IN3. The van der Waals surface area contributed by atoms with Gasteiger partial charge in [-0.1, -0.05) is 0 Å². The Balaban J connectivity index is 2.26. The van der Waals surface area contributed by atoms with Crippen LogP contribution in [0, 0.1) is 3.57 Å². The molecule has 2 aromatic rings. The third-order valence-corrected chi connectivity index (χ3v) is 3.12. The zero-order chi connectivity index (χ0) is 8.84. The molecule has 3 rings (SSSR count). The summed E-state index contributed by atoms with van der Waals surface area (Å²) >= 11 is 2.27. The molecule has 2 aromatic heterocycles. The largest absolute Gasteiger partial charge is 0.340 e. The van der Waals surface area contributed by atoms with Crippen molar-refractivity contribution in [2.24, 2.45) is 0 Å². The van der Waals surface area contributed by atoms with Gasteiger partial charge in [-0.05, 0) is 35.4 Å². The monoisotopic (exact) mass is 285 g/mol. The molecule has 0 amide bonds. The summed E-state index contributed by atoms with van der Waals surface area (Å²) in [6.07, 6.45) is 6.25. The van der Waals surface area contributed by atoms with E-state index in [2.05, 4.69) is 37.5 Å². The molecule has 1 aliphatic carbocycles. The number of rotatable bonds is 1. The average Bonchev–Trinajstić information content (AvgIpc) is 2.87. The normalized spacial score (nSPS) is 16.7. The number of aromatic nitrogens is 3. The number of halogens is 1. The lowest BCUT2D eigenvalue weighted by Gasteiger charge is -1.87. The Labute approximate surface area is 89.1 Å². The Morgan fingerprint density at radius 2 is 2.23 bits per heavy atom. The summed E-state index contributed by atoms with van der Waals surface area (Å²) in [4.78, 5) is 12.0. The lowest BCUT2D eigenvalue weighted by atomic mass is 10.4. The smallest absolute Gasteiger partial charge is 0.110 e. The first-order valence-corrected chi connectivity index (χ1v) is 5.41. The molecule has 0 unspecified atom stereocenters. The third-order valence-electron chi connectivity index (χ3n) is 2.33. The Kier molecular flexibility index (Phi) is 1.59. The molecular weight excluding hydrogens is 277 g/mol. The van der Waals surface area contributed by atoms with E-state index in [1.807, 2.05) is 12.4 Å². The van der Waals surface area contributed by atoms with E-state index in [-0.39, 0.29) is 0 Å². The van der Waals surface area contributed by atoms with Gasteiger partial charge in [0.1, 0.15) is 11.3 Å². The third kappa shape index (κ3) is 1.23. The molecule has 1 aliphatic rings. The zero-order valence-corrected chi connectivity index (χ0v) is 9.08. The van der Waals surface area contributed by atoms with E-state index in [0.717, 1.165) is 20.4 Å². The zero-order valence-electron chi connectivity index (χ0n) is 6.92. The van der Waals surface area contributed by atoms with Crippen molar-refractivity contribution in [1.29, 1.82) is 0 Å². The fourth-order valence-corrected chi connectivity index (χ4v) is 2.04. The second-order valence-corrected chi connectivity index (χ2v) is 4.58. The Bertz CT molecular complexity index is 459. The van der Waals surface area contributed by atoms with E-state index in [0.29, 0.717) is 5.92 Å². The van der Waals surface area contributed by atoms with Crippen LogP contribution in [0.25, 0.3) is 11.0 Å². The molecule has 0 bridgehead atoms. The topological polar surface area (TPSA) is 41.6 Å². The highest BCUT2D eigenvalue weighted by Crippen LogP contribution is 2.39. The van der Waals surface area contributed by atoms with Gasteiger partial charge in [-0.25, -0.2) is 4.98 Å². The molecule has 1 saturated carbocycles. The number of aromatic amines is 1. The molecule has 0 spiro atoms. The highest BCUT2D eigenvalue weighted by atomic mass is 127. The molecule has 13 heavy (non-hydrogen) atoms. The molecule has 3 nitrogen and oxygen atoms in total. The van der Waals surface area contributed by atoms with Crippen molar-refractivity contribution in [3.05, 3.63) is 21.8 Å². The minimum absolute atomic E-state index is 0.684. The number of pyridine rings is 1. The molecule has 0 aliphatic heterocycles. The van der Waals surface area contributed by atoms with Gasteiger partial charge in [0.25, 0.3) is 0 Å². The van der Waals surface area contributed by atoms with Crippen LogP contribution in [0.4, 0.5) is 0 Å². The van der Waals surface area contributed by atoms with Crippen molar-refractivity contribution in [3.8, 4) is 0 Å². The van der Waals surface area contributed by atoms with Crippen molar-refractivity contribution >= 4 is 33.6 Å². The molecule has 1 fully saturated rings. The van der Waals surface area contributed by atoms with E-state index < -0.39 is 0 Å². The summed E-state index contributed by atoms with van der Waals surface area (Å²) in [6, 6.07) is 0. The number of H-pyrrole nitrogens is 1. The number of nitrogens with zero attached hydrogens (tertiary/aromatic N) is 2. The standard InChI is InChI=1S/C9H8IN3/c10-6-3-11-4-7-8(6)13-9(12-7)5-1-2-5/h3-5H,1-2H2,(H,12,13). The average molecular weight is 285 g/mol. The Morgan fingerprint density at radius 3 is 2.92 bits per heavy atom. The van der Waals surface area contributed by atoms with Crippen molar-refractivity contribution in [1.82, 2.24) is 15.0 Å². The first kappa shape index (κ1) is 7.73. The van der Waals surface area contributed by atoms with Crippen LogP contribution in [-0.2, 0) is 0 Å². The van der Waals surface area contributed by atoms with Crippen LogP contribution in [0.3, 0.4) is 0 Å². The fraction of sp³-hybridized carbons (Fsp3) is 0.333. The van der Waals surface area contributed by atoms with Gasteiger partial charge in [-0.2, -0.15) is 0 Å². The number of nitrogens with one attached hydrogen (secondary N) is 1. The SMILES string of the molecule is Ic1cncc2[nH]c(C3CC3)nc12. The van der Waals surface area contributed by atoms with Gasteiger partial charge in [-0.15, -0.1) is 0 Å². The van der Waals surface area contributed by atoms with Gasteiger partial charge >= 0.3 is 0 Å². The van der Waals surface area contributed by atoms with E-state index >= 15 is 0 Å². The Hall–Kier alpha value is -0.650.